The van der Waals surface area contributed by atoms with E-state index in [2.05, 4.69) is 10.6 Å². The summed E-state index contributed by atoms with van der Waals surface area (Å²) in [6.07, 6.45) is 0. The molecule has 0 bridgehead atoms. The minimum atomic E-state index is -0.269. The maximum atomic E-state index is 12.8. The second-order valence-corrected chi connectivity index (χ2v) is 6.73. The maximum Gasteiger partial charge on any atom is 0.256 e. The van der Waals surface area contributed by atoms with Gasteiger partial charge in [-0.1, -0.05) is 30.3 Å². The average Bonchev–Trinajstić information content (AvgIpc) is 3.23. The SMILES string of the molecule is COc1ccccc1C(C)NC(=O)c1ccccc1NC(=O)c1ccsc1. The number of benzene rings is 2. The van der Waals surface area contributed by atoms with Crippen molar-refractivity contribution in [1.82, 2.24) is 5.32 Å². The third kappa shape index (κ3) is 4.35. The Kier molecular flexibility index (Phi) is 5.88. The summed E-state index contributed by atoms with van der Waals surface area (Å²) in [6.45, 7) is 1.89. The standard InChI is InChI=1S/C21H20N2O3S/c1-14(16-7-4-6-10-19(16)26-2)22-21(25)17-8-3-5-9-18(17)23-20(24)15-11-12-27-13-15/h3-14H,1-2H3,(H,22,25)(H,23,24). The number of thiophene rings is 1. The van der Waals surface area contributed by atoms with Gasteiger partial charge in [-0.05, 0) is 36.6 Å². The monoisotopic (exact) mass is 380 g/mol. The first-order valence-electron chi connectivity index (χ1n) is 8.46. The zero-order valence-electron chi connectivity index (χ0n) is 15.1. The predicted molar refractivity (Wildman–Crippen MR) is 108 cm³/mol. The summed E-state index contributed by atoms with van der Waals surface area (Å²) < 4.78 is 5.36. The second kappa shape index (κ2) is 8.51. The summed E-state index contributed by atoms with van der Waals surface area (Å²) in [6, 6.07) is 16.0. The van der Waals surface area contributed by atoms with Crippen LogP contribution in [0.2, 0.25) is 0 Å². The van der Waals surface area contributed by atoms with Crippen molar-refractivity contribution in [2.75, 3.05) is 12.4 Å². The Balaban J connectivity index is 1.78. The van der Waals surface area contributed by atoms with Gasteiger partial charge in [-0.2, -0.15) is 11.3 Å². The van der Waals surface area contributed by atoms with Gasteiger partial charge in [0.15, 0.2) is 0 Å². The molecule has 138 valence electrons. The number of anilines is 1. The van der Waals surface area contributed by atoms with Gasteiger partial charge in [-0.3, -0.25) is 9.59 Å². The molecule has 0 aliphatic rings. The van der Waals surface area contributed by atoms with Gasteiger partial charge in [0.05, 0.1) is 30.0 Å². The van der Waals surface area contributed by atoms with Crippen molar-refractivity contribution in [2.45, 2.75) is 13.0 Å². The van der Waals surface area contributed by atoms with Gasteiger partial charge in [-0.25, -0.2) is 0 Å². The van der Waals surface area contributed by atoms with Crippen LogP contribution in [0.15, 0.2) is 65.4 Å². The van der Waals surface area contributed by atoms with Crippen LogP contribution in [0.4, 0.5) is 5.69 Å². The second-order valence-electron chi connectivity index (χ2n) is 5.95. The molecular formula is C21H20N2O3S. The number of hydrogen-bond acceptors (Lipinski definition) is 4. The Labute approximate surface area is 162 Å². The number of methoxy groups -OCH3 is 1. The fourth-order valence-electron chi connectivity index (χ4n) is 2.75. The number of hydrogen-bond donors (Lipinski definition) is 2. The van der Waals surface area contributed by atoms with Crippen molar-refractivity contribution in [3.8, 4) is 5.75 Å². The Morgan fingerprint density at radius 2 is 1.74 bits per heavy atom. The van der Waals surface area contributed by atoms with Crippen molar-refractivity contribution in [2.24, 2.45) is 0 Å². The van der Waals surface area contributed by atoms with E-state index in [4.69, 9.17) is 4.74 Å². The molecule has 0 saturated carbocycles. The fourth-order valence-corrected chi connectivity index (χ4v) is 3.39. The molecule has 5 nitrogen and oxygen atoms in total. The summed E-state index contributed by atoms with van der Waals surface area (Å²) in [4.78, 5) is 25.1. The quantitative estimate of drug-likeness (QED) is 0.662. The smallest absolute Gasteiger partial charge is 0.256 e. The van der Waals surface area contributed by atoms with Crippen molar-refractivity contribution in [3.05, 3.63) is 82.0 Å². The lowest BCUT2D eigenvalue weighted by atomic mass is 10.1. The first-order chi connectivity index (χ1) is 13.1. The molecule has 6 heteroatoms. The van der Waals surface area contributed by atoms with E-state index in [0.29, 0.717) is 22.6 Å². The largest absolute Gasteiger partial charge is 0.496 e. The Hall–Kier alpha value is -3.12. The molecule has 3 rings (SSSR count). The van der Waals surface area contributed by atoms with E-state index < -0.39 is 0 Å². The Bertz CT molecular complexity index is 938. The van der Waals surface area contributed by atoms with Crippen LogP contribution in [0.3, 0.4) is 0 Å². The molecular weight excluding hydrogens is 360 g/mol. The first-order valence-corrected chi connectivity index (χ1v) is 9.40. The van der Waals surface area contributed by atoms with E-state index in [0.717, 1.165) is 5.56 Å². The zero-order chi connectivity index (χ0) is 19.2. The fraction of sp³-hybridized carbons (Fsp3) is 0.143. The Morgan fingerprint density at radius 3 is 2.48 bits per heavy atom. The number of ether oxygens (including phenoxy) is 1. The van der Waals surface area contributed by atoms with Crippen molar-refractivity contribution in [3.63, 3.8) is 0 Å². The highest BCUT2D eigenvalue weighted by molar-refractivity contribution is 7.08. The van der Waals surface area contributed by atoms with Gasteiger partial charge >= 0.3 is 0 Å². The number of nitrogens with one attached hydrogen (secondary N) is 2. The lowest BCUT2D eigenvalue weighted by Gasteiger charge is -2.18. The highest BCUT2D eigenvalue weighted by Crippen LogP contribution is 2.25. The number of carbonyl (C=O) groups is 2. The molecule has 2 N–H and O–H groups in total. The zero-order valence-corrected chi connectivity index (χ0v) is 15.9. The normalized spacial score (nSPS) is 11.5. The van der Waals surface area contributed by atoms with E-state index in [-0.39, 0.29) is 17.9 Å². The molecule has 2 aromatic carbocycles. The van der Waals surface area contributed by atoms with Crippen molar-refractivity contribution < 1.29 is 14.3 Å². The molecule has 1 aromatic heterocycles. The third-order valence-corrected chi connectivity index (χ3v) is 4.84. The van der Waals surface area contributed by atoms with Crippen molar-refractivity contribution >= 4 is 28.8 Å². The van der Waals surface area contributed by atoms with E-state index in [1.165, 1.54) is 11.3 Å². The highest BCUT2D eigenvalue weighted by Gasteiger charge is 2.18. The molecule has 27 heavy (non-hydrogen) atoms. The number of carbonyl (C=O) groups excluding carboxylic acids is 2. The molecule has 1 heterocycles. The molecule has 1 atom stereocenters. The molecule has 2 amide bonds. The van der Waals surface area contributed by atoms with Crippen molar-refractivity contribution in [1.29, 1.82) is 0 Å². The molecule has 3 aromatic rings. The van der Waals surface area contributed by atoms with Gasteiger partial charge in [-0.15, -0.1) is 0 Å². The highest BCUT2D eigenvalue weighted by atomic mass is 32.1. The molecule has 0 aliphatic carbocycles. The van der Waals surface area contributed by atoms with Crippen LogP contribution in [0.1, 0.15) is 39.2 Å². The van der Waals surface area contributed by atoms with E-state index in [9.17, 15) is 9.59 Å². The molecule has 0 fully saturated rings. The summed E-state index contributed by atoms with van der Waals surface area (Å²) >= 11 is 1.45. The lowest BCUT2D eigenvalue weighted by Crippen LogP contribution is -2.28. The van der Waals surface area contributed by atoms with Crippen LogP contribution in [-0.2, 0) is 0 Å². The van der Waals surface area contributed by atoms with Crippen LogP contribution in [0.25, 0.3) is 0 Å². The summed E-state index contributed by atoms with van der Waals surface area (Å²) in [7, 11) is 1.60. The average molecular weight is 380 g/mol. The van der Waals surface area contributed by atoms with Crippen LogP contribution in [0, 0.1) is 0 Å². The molecule has 0 radical (unpaired) electrons. The summed E-state index contributed by atoms with van der Waals surface area (Å²) in [5, 5.41) is 9.38. The van der Waals surface area contributed by atoms with Crippen LogP contribution < -0.4 is 15.4 Å². The van der Waals surface area contributed by atoms with E-state index >= 15 is 0 Å². The van der Waals surface area contributed by atoms with Crippen LogP contribution in [0.5, 0.6) is 5.75 Å². The molecule has 0 saturated heterocycles. The first kappa shape index (κ1) is 18.7. The van der Waals surface area contributed by atoms with Crippen LogP contribution >= 0.6 is 11.3 Å². The van der Waals surface area contributed by atoms with Gasteiger partial charge < -0.3 is 15.4 Å². The molecule has 1 unspecified atom stereocenters. The molecule has 0 aliphatic heterocycles. The van der Waals surface area contributed by atoms with Gasteiger partial charge in [0.25, 0.3) is 11.8 Å². The van der Waals surface area contributed by atoms with Crippen LogP contribution in [-0.4, -0.2) is 18.9 Å². The maximum absolute atomic E-state index is 12.8. The Morgan fingerprint density at radius 1 is 1.00 bits per heavy atom. The third-order valence-electron chi connectivity index (χ3n) is 4.16. The lowest BCUT2D eigenvalue weighted by molar-refractivity contribution is 0.0940. The summed E-state index contributed by atoms with van der Waals surface area (Å²) in [5.41, 5.74) is 2.33. The van der Waals surface area contributed by atoms with Gasteiger partial charge in [0, 0.05) is 10.9 Å². The summed E-state index contributed by atoms with van der Waals surface area (Å²) in [5.74, 6) is 0.202. The number of para-hydroxylation sites is 2. The minimum absolute atomic E-state index is 0.241. The number of amides is 2. The minimum Gasteiger partial charge on any atom is -0.496 e. The number of rotatable bonds is 6. The predicted octanol–water partition coefficient (Wildman–Crippen LogP) is 4.50. The van der Waals surface area contributed by atoms with Gasteiger partial charge in [0.1, 0.15) is 5.75 Å². The van der Waals surface area contributed by atoms with E-state index in [1.54, 1.807) is 42.8 Å². The van der Waals surface area contributed by atoms with E-state index in [1.807, 2.05) is 36.6 Å². The van der Waals surface area contributed by atoms with Gasteiger partial charge in [0.2, 0.25) is 0 Å². The topological polar surface area (TPSA) is 67.4 Å². The molecule has 0 spiro atoms.